The molecule has 0 spiro atoms. The first kappa shape index (κ1) is 19.4. The molecule has 26 heavy (non-hydrogen) atoms. The molecule has 1 atom stereocenters. The van der Waals surface area contributed by atoms with Crippen LogP contribution < -0.4 is 10.1 Å². The van der Waals surface area contributed by atoms with E-state index in [0.717, 1.165) is 24.3 Å². The molecular formula is C17H18N2O6S. The molecule has 0 unspecified atom stereocenters. The Morgan fingerprint density at radius 2 is 1.81 bits per heavy atom. The molecule has 1 amide bonds. The molecule has 2 aromatic rings. The van der Waals surface area contributed by atoms with Crippen LogP contribution in [0.15, 0.2) is 53.4 Å². The van der Waals surface area contributed by atoms with E-state index in [1.807, 2.05) is 0 Å². The van der Waals surface area contributed by atoms with Crippen LogP contribution in [-0.4, -0.2) is 31.1 Å². The fourth-order valence-corrected chi connectivity index (χ4v) is 3.45. The van der Waals surface area contributed by atoms with Crippen LogP contribution >= 0.6 is 0 Å². The zero-order valence-corrected chi connectivity index (χ0v) is 15.0. The maximum atomic E-state index is 12.6. The summed E-state index contributed by atoms with van der Waals surface area (Å²) in [6, 6.07) is 11.1. The third-order valence-corrected chi connectivity index (χ3v) is 5.73. The largest absolute Gasteiger partial charge is 0.492 e. The minimum absolute atomic E-state index is 0.163. The van der Waals surface area contributed by atoms with Gasteiger partial charge >= 0.3 is 0 Å². The topological polar surface area (TPSA) is 116 Å². The molecule has 138 valence electrons. The quantitative estimate of drug-likeness (QED) is 0.585. The second kappa shape index (κ2) is 7.96. The van der Waals surface area contributed by atoms with Crippen molar-refractivity contribution in [2.45, 2.75) is 24.0 Å². The maximum Gasteiger partial charge on any atom is 0.269 e. The van der Waals surface area contributed by atoms with E-state index in [0.29, 0.717) is 18.0 Å². The molecule has 0 fully saturated rings. The van der Waals surface area contributed by atoms with Gasteiger partial charge in [0, 0.05) is 12.1 Å². The molecule has 1 N–H and O–H groups in total. The van der Waals surface area contributed by atoms with Crippen molar-refractivity contribution in [3.63, 3.8) is 0 Å². The Balaban J connectivity index is 2.22. The number of rotatable bonds is 7. The van der Waals surface area contributed by atoms with E-state index in [2.05, 4.69) is 5.32 Å². The van der Waals surface area contributed by atoms with Crippen LogP contribution in [0.25, 0.3) is 0 Å². The Morgan fingerprint density at radius 1 is 1.19 bits per heavy atom. The molecule has 8 nitrogen and oxygen atoms in total. The number of hydrogen-bond acceptors (Lipinski definition) is 6. The second-order valence-electron chi connectivity index (χ2n) is 5.36. The van der Waals surface area contributed by atoms with Crippen LogP contribution in [0.2, 0.25) is 0 Å². The van der Waals surface area contributed by atoms with Crippen molar-refractivity contribution in [1.82, 2.24) is 0 Å². The zero-order chi connectivity index (χ0) is 19.3. The smallest absolute Gasteiger partial charge is 0.269 e. The highest BCUT2D eigenvalue weighted by molar-refractivity contribution is 7.92. The van der Waals surface area contributed by atoms with E-state index in [9.17, 15) is 23.3 Å². The van der Waals surface area contributed by atoms with Crippen molar-refractivity contribution < 1.29 is 22.9 Å². The number of benzene rings is 2. The molecule has 0 saturated heterocycles. The summed E-state index contributed by atoms with van der Waals surface area (Å²) in [5.74, 6) is -0.293. The van der Waals surface area contributed by atoms with E-state index in [4.69, 9.17) is 4.74 Å². The highest BCUT2D eigenvalue weighted by atomic mass is 32.2. The standard InChI is InChI=1S/C17H18N2O6S/c1-3-25-16-7-5-4-6-15(16)18-17(20)12(2)26(23,24)14-10-8-13(9-11-14)19(21)22/h4-12H,3H2,1-2H3,(H,18,20)/t12-/m0/s1. The highest BCUT2D eigenvalue weighted by Crippen LogP contribution is 2.25. The monoisotopic (exact) mass is 378 g/mol. The second-order valence-corrected chi connectivity index (χ2v) is 7.63. The Morgan fingerprint density at radius 3 is 2.38 bits per heavy atom. The molecule has 9 heteroatoms. The van der Waals surface area contributed by atoms with E-state index >= 15 is 0 Å². The average molecular weight is 378 g/mol. The predicted molar refractivity (Wildman–Crippen MR) is 96.0 cm³/mol. The summed E-state index contributed by atoms with van der Waals surface area (Å²) in [7, 11) is -4.00. The number of nitro groups is 1. The normalized spacial score (nSPS) is 12.2. The number of ether oxygens (including phenoxy) is 1. The zero-order valence-electron chi connectivity index (χ0n) is 14.2. The van der Waals surface area contributed by atoms with E-state index in [-0.39, 0.29) is 10.6 Å². The first-order valence-electron chi connectivity index (χ1n) is 7.78. The lowest BCUT2D eigenvalue weighted by molar-refractivity contribution is -0.384. The van der Waals surface area contributed by atoms with Gasteiger partial charge in [-0.1, -0.05) is 12.1 Å². The van der Waals surface area contributed by atoms with Gasteiger partial charge in [0.1, 0.15) is 11.0 Å². The van der Waals surface area contributed by atoms with Crippen LogP contribution in [-0.2, 0) is 14.6 Å². The van der Waals surface area contributed by atoms with E-state index in [1.54, 1.807) is 31.2 Å². The molecule has 2 rings (SSSR count). The minimum Gasteiger partial charge on any atom is -0.492 e. The molecule has 0 heterocycles. The molecule has 0 aliphatic rings. The van der Waals surface area contributed by atoms with E-state index < -0.39 is 25.9 Å². The van der Waals surface area contributed by atoms with Crippen molar-refractivity contribution in [2.24, 2.45) is 0 Å². The lowest BCUT2D eigenvalue weighted by Crippen LogP contribution is -2.32. The fraction of sp³-hybridized carbons (Fsp3) is 0.235. The van der Waals surface area contributed by atoms with Gasteiger partial charge in [-0.2, -0.15) is 0 Å². The highest BCUT2D eigenvalue weighted by Gasteiger charge is 2.30. The number of nitro benzene ring substituents is 1. The Hall–Kier alpha value is -2.94. The fourth-order valence-electron chi connectivity index (χ4n) is 2.19. The number of sulfone groups is 1. The molecule has 0 bridgehead atoms. The first-order valence-corrected chi connectivity index (χ1v) is 9.33. The summed E-state index contributed by atoms with van der Waals surface area (Å²) in [4.78, 5) is 22.3. The van der Waals surface area contributed by atoms with E-state index in [1.165, 1.54) is 6.92 Å². The van der Waals surface area contributed by atoms with Crippen molar-refractivity contribution in [3.8, 4) is 5.75 Å². The van der Waals surface area contributed by atoms with Gasteiger partial charge in [0.25, 0.3) is 5.69 Å². The molecule has 0 aromatic heterocycles. The number of non-ortho nitro benzene ring substituents is 1. The number of nitrogens with zero attached hydrogens (tertiary/aromatic N) is 1. The van der Waals surface area contributed by atoms with Gasteiger partial charge in [-0.25, -0.2) is 8.42 Å². The third kappa shape index (κ3) is 4.17. The molecule has 0 saturated carbocycles. The lowest BCUT2D eigenvalue weighted by Gasteiger charge is -2.15. The summed E-state index contributed by atoms with van der Waals surface area (Å²) in [5, 5.41) is 11.8. The van der Waals surface area contributed by atoms with Gasteiger partial charge in [0.2, 0.25) is 5.91 Å². The number of hydrogen-bond donors (Lipinski definition) is 1. The van der Waals surface area contributed by atoms with Crippen LogP contribution in [0.1, 0.15) is 13.8 Å². The first-order chi connectivity index (χ1) is 12.3. The van der Waals surface area contributed by atoms with Crippen LogP contribution in [0.4, 0.5) is 11.4 Å². The van der Waals surface area contributed by atoms with Crippen molar-refractivity contribution in [3.05, 3.63) is 58.6 Å². The van der Waals surface area contributed by atoms with Gasteiger partial charge < -0.3 is 10.1 Å². The van der Waals surface area contributed by atoms with Gasteiger partial charge in [0.05, 0.1) is 22.1 Å². The number of nitrogens with one attached hydrogen (secondary N) is 1. The number of amides is 1. The Bertz CT molecular complexity index is 909. The van der Waals surface area contributed by atoms with Crippen molar-refractivity contribution in [1.29, 1.82) is 0 Å². The van der Waals surface area contributed by atoms with Gasteiger partial charge in [-0.3, -0.25) is 14.9 Å². The van der Waals surface area contributed by atoms with Gasteiger partial charge in [0.15, 0.2) is 9.84 Å². The number of carbonyl (C=O) groups excluding carboxylic acids is 1. The van der Waals surface area contributed by atoms with Crippen LogP contribution in [0, 0.1) is 10.1 Å². The SMILES string of the molecule is CCOc1ccccc1NC(=O)[C@H](C)S(=O)(=O)c1ccc([N+](=O)[O-])cc1. The predicted octanol–water partition coefficient (Wildman–Crippen LogP) is 2.79. The van der Waals surface area contributed by atoms with Crippen molar-refractivity contribution in [2.75, 3.05) is 11.9 Å². The summed E-state index contributed by atoms with van der Waals surface area (Å²) < 4.78 is 30.6. The Labute approximate surface area is 150 Å². The molecule has 2 aromatic carbocycles. The molecule has 0 aliphatic carbocycles. The summed E-state index contributed by atoms with van der Waals surface area (Å²) >= 11 is 0. The Kier molecular flexibility index (Phi) is 5.93. The summed E-state index contributed by atoms with van der Waals surface area (Å²) in [5.41, 5.74) is 0.136. The molecule has 0 aliphatic heterocycles. The number of carbonyl (C=O) groups is 1. The summed E-state index contributed by atoms with van der Waals surface area (Å²) in [6.07, 6.45) is 0. The van der Waals surface area contributed by atoms with Gasteiger partial charge in [-0.15, -0.1) is 0 Å². The minimum atomic E-state index is -4.00. The van der Waals surface area contributed by atoms with Gasteiger partial charge in [-0.05, 0) is 38.1 Å². The molecular weight excluding hydrogens is 360 g/mol. The van der Waals surface area contributed by atoms with Crippen LogP contribution in [0.5, 0.6) is 5.75 Å². The summed E-state index contributed by atoms with van der Waals surface area (Å²) in [6.45, 7) is 3.44. The number of para-hydroxylation sites is 2. The third-order valence-electron chi connectivity index (χ3n) is 3.66. The van der Waals surface area contributed by atoms with Crippen LogP contribution in [0.3, 0.4) is 0 Å². The maximum absolute atomic E-state index is 12.6. The average Bonchev–Trinajstić information content (AvgIpc) is 2.62. The van der Waals surface area contributed by atoms with Crippen molar-refractivity contribution >= 4 is 27.1 Å². The lowest BCUT2D eigenvalue weighted by atomic mass is 10.3. The number of anilines is 1. The molecule has 0 radical (unpaired) electrons.